The first-order valence-electron chi connectivity index (χ1n) is 4.11. The summed E-state index contributed by atoms with van der Waals surface area (Å²) in [5.41, 5.74) is 6.83. The van der Waals surface area contributed by atoms with E-state index in [-0.39, 0.29) is 5.84 Å². The number of rotatable bonds is 2. The number of halogens is 1. The van der Waals surface area contributed by atoms with E-state index in [9.17, 15) is 0 Å². The van der Waals surface area contributed by atoms with Crippen LogP contribution < -0.4 is 5.73 Å². The molecule has 2 aromatic heterocycles. The predicted molar refractivity (Wildman–Crippen MR) is 55.8 cm³/mol. The molecule has 2 rings (SSSR count). The first kappa shape index (κ1) is 9.02. The van der Waals surface area contributed by atoms with Gasteiger partial charge < -0.3 is 10.1 Å². The van der Waals surface area contributed by atoms with Crippen molar-refractivity contribution in [2.24, 2.45) is 5.73 Å². The summed E-state index contributed by atoms with van der Waals surface area (Å²) in [6.45, 7) is 0. The summed E-state index contributed by atoms with van der Waals surface area (Å²) in [4.78, 5) is 4.27. The zero-order valence-electron chi connectivity index (χ0n) is 7.37. The van der Waals surface area contributed by atoms with E-state index in [4.69, 9.17) is 22.7 Å². The number of nitrogens with two attached hydrogens (primary N) is 1. The zero-order valence-corrected chi connectivity index (χ0v) is 8.12. The highest BCUT2D eigenvalue weighted by Gasteiger charge is 2.02. The third-order valence-electron chi connectivity index (χ3n) is 1.84. The average molecular weight is 209 g/mol. The number of pyridine rings is 1. The van der Waals surface area contributed by atoms with Crippen molar-refractivity contribution in [1.29, 1.82) is 5.41 Å². The highest BCUT2D eigenvalue weighted by atomic mass is 35.5. The fourth-order valence-electron chi connectivity index (χ4n) is 1.29. The SMILES string of the molecule is N=C(N)Cc1cn2ccc(Cl)cc2n1. The van der Waals surface area contributed by atoms with Gasteiger partial charge in [-0.3, -0.25) is 5.41 Å². The minimum atomic E-state index is 0.111. The zero-order chi connectivity index (χ0) is 10.1. The Labute approximate surface area is 85.8 Å². The second-order valence-corrected chi connectivity index (χ2v) is 3.48. The van der Waals surface area contributed by atoms with Gasteiger partial charge >= 0.3 is 0 Å². The molecular weight excluding hydrogens is 200 g/mol. The van der Waals surface area contributed by atoms with Gasteiger partial charge in [-0.1, -0.05) is 11.6 Å². The van der Waals surface area contributed by atoms with E-state index in [1.807, 2.05) is 16.8 Å². The molecule has 0 atom stereocenters. The second kappa shape index (κ2) is 3.31. The van der Waals surface area contributed by atoms with Crippen LogP contribution in [0.25, 0.3) is 5.65 Å². The Morgan fingerprint density at radius 3 is 3.14 bits per heavy atom. The van der Waals surface area contributed by atoms with Crippen molar-refractivity contribution in [3.63, 3.8) is 0 Å². The molecule has 0 amide bonds. The molecule has 0 aliphatic heterocycles. The molecule has 5 heteroatoms. The van der Waals surface area contributed by atoms with Gasteiger partial charge in [0.15, 0.2) is 0 Å². The number of fused-ring (bicyclic) bond motifs is 1. The van der Waals surface area contributed by atoms with Gasteiger partial charge in [0.1, 0.15) is 5.65 Å². The van der Waals surface area contributed by atoms with Gasteiger partial charge in [0.2, 0.25) is 0 Å². The summed E-state index contributed by atoms with van der Waals surface area (Å²) in [7, 11) is 0. The fraction of sp³-hybridized carbons (Fsp3) is 0.111. The van der Waals surface area contributed by atoms with Gasteiger partial charge in [0, 0.05) is 23.8 Å². The van der Waals surface area contributed by atoms with Crippen LogP contribution in [0.3, 0.4) is 0 Å². The number of nitrogens with zero attached hydrogens (tertiary/aromatic N) is 2. The quantitative estimate of drug-likeness (QED) is 0.580. The summed E-state index contributed by atoms with van der Waals surface area (Å²) in [6, 6.07) is 3.55. The maximum Gasteiger partial charge on any atom is 0.138 e. The highest BCUT2D eigenvalue weighted by molar-refractivity contribution is 6.30. The van der Waals surface area contributed by atoms with Crippen LogP contribution in [-0.2, 0) is 6.42 Å². The van der Waals surface area contributed by atoms with Gasteiger partial charge in [-0.25, -0.2) is 4.98 Å². The number of hydrogen-bond acceptors (Lipinski definition) is 2. The standard InChI is InChI=1S/C9H9ClN4/c10-6-1-2-14-5-7(4-8(11)12)13-9(14)3-6/h1-3,5H,4H2,(H3,11,12). The van der Waals surface area contributed by atoms with Crippen molar-refractivity contribution in [2.75, 3.05) is 0 Å². The molecule has 0 fully saturated rings. The number of hydrogen-bond donors (Lipinski definition) is 2. The Balaban J connectivity index is 2.46. The predicted octanol–water partition coefficient (Wildman–Crippen LogP) is 1.47. The van der Waals surface area contributed by atoms with Gasteiger partial charge in [-0.15, -0.1) is 0 Å². The van der Waals surface area contributed by atoms with Crippen molar-refractivity contribution < 1.29 is 0 Å². The van der Waals surface area contributed by atoms with Gasteiger partial charge in [0.05, 0.1) is 11.5 Å². The third kappa shape index (κ3) is 1.70. The molecule has 0 bridgehead atoms. The topological polar surface area (TPSA) is 67.2 Å². The van der Waals surface area contributed by atoms with Gasteiger partial charge in [0.25, 0.3) is 0 Å². The van der Waals surface area contributed by atoms with E-state index in [1.165, 1.54) is 0 Å². The molecule has 4 nitrogen and oxygen atoms in total. The summed E-state index contributed by atoms with van der Waals surface area (Å²) < 4.78 is 1.85. The average Bonchev–Trinajstić information content (AvgIpc) is 2.44. The second-order valence-electron chi connectivity index (χ2n) is 3.04. The smallest absolute Gasteiger partial charge is 0.138 e. The Morgan fingerprint density at radius 2 is 2.43 bits per heavy atom. The largest absolute Gasteiger partial charge is 0.387 e. The normalized spacial score (nSPS) is 10.6. The van der Waals surface area contributed by atoms with Gasteiger partial charge in [-0.2, -0.15) is 0 Å². The number of amidine groups is 1. The molecule has 0 saturated carbocycles. The van der Waals surface area contributed by atoms with E-state index in [1.54, 1.807) is 12.1 Å². The molecule has 72 valence electrons. The van der Waals surface area contributed by atoms with Crippen molar-refractivity contribution in [1.82, 2.24) is 9.38 Å². The maximum absolute atomic E-state index is 7.15. The molecule has 2 heterocycles. The molecule has 0 aliphatic rings. The Hall–Kier alpha value is -1.55. The van der Waals surface area contributed by atoms with Crippen LogP contribution in [0.2, 0.25) is 5.02 Å². The van der Waals surface area contributed by atoms with E-state index in [0.29, 0.717) is 11.4 Å². The minimum Gasteiger partial charge on any atom is -0.387 e. The van der Waals surface area contributed by atoms with Crippen molar-refractivity contribution in [3.8, 4) is 0 Å². The van der Waals surface area contributed by atoms with Crippen LogP contribution >= 0.6 is 11.6 Å². The van der Waals surface area contributed by atoms with E-state index < -0.39 is 0 Å². The lowest BCUT2D eigenvalue weighted by atomic mass is 10.3. The molecule has 0 radical (unpaired) electrons. The molecule has 14 heavy (non-hydrogen) atoms. The van der Waals surface area contributed by atoms with Crippen LogP contribution in [0.1, 0.15) is 5.69 Å². The third-order valence-corrected chi connectivity index (χ3v) is 2.08. The van der Waals surface area contributed by atoms with E-state index in [2.05, 4.69) is 4.98 Å². The molecule has 0 unspecified atom stereocenters. The first-order chi connectivity index (χ1) is 6.65. The van der Waals surface area contributed by atoms with Crippen molar-refractivity contribution in [3.05, 3.63) is 35.2 Å². The van der Waals surface area contributed by atoms with E-state index in [0.717, 1.165) is 11.3 Å². The maximum atomic E-state index is 7.15. The molecule has 0 aliphatic carbocycles. The fourth-order valence-corrected chi connectivity index (χ4v) is 1.44. The monoisotopic (exact) mass is 208 g/mol. The van der Waals surface area contributed by atoms with Crippen molar-refractivity contribution in [2.45, 2.75) is 6.42 Å². The molecule has 0 saturated heterocycles. The van der Waals surface area contributed by atoms with Crippen LogP contribution in [0, 0.1) is 5.41 Å². The lowest BCUT2D eigenvalue weighted by molar-refractivity contribution is 1.16. The lowest BCUT2D eigenvalue weighted by Crippen LogP contribution is -2.12. The van der Waals surface area contributed by atoms with Crippen molar-refractivity contribution >= 4 is 23.1 Å². The summed E-state index contributed by atoms with van der Waals surface area (Å²) in [5, 5.41) is 7.80. The van der Waals surface area contributed by atoms with Crippen LogP contribution in [0.15, 0.2) is 24.5 Å². The first-order valence-corrected chi connectivity index (χ1v) is 4.49. The molecule has 2 aromatic rings. The number of nitrogens with one attached hydrogen (secondary N) is 1. The molecular formula is C9H9ClN4. The van der Waals surface area contributed by atoms with Crippen LogP contribution in [0.5, 0.6) is 0 Å². The molecule has 0 spiro atoms. The lowest BCUT2D eigenvalue weighted by Gasteiger charge is -1.91. The molecule has 3 N–H and O–H groups in total. The van der Waals surface area contributed by atoms with Crippen LogP contribution in [-0.4, -0.2) is 15.2 Å². The number of imidazole rings is 1. The van der Waals surface area contributed by atoms with Crippen LogP contribution in [0.4, 0.5) is 0 Å². The Morgan fingerprint density at radius 1 is 1.64 bits per heavy atom. The molecule has 0 aromatic carbocycles. The van der Waals surface area contributed by atoms with E-state index >= 15 is 0 Å². The highest BCUT2D eigenvalue weighted by Crippen LogP contribution is 2.12. The summed E-state index contributed by atoms with van der Waals surface area (Å²) >= 11 is 5.81. The minimum absolute atomic E-state index is 0.111. The Bertz CT molecular complexity index is 489. The Kier molecular flexibility index (Phi) is 2.13. The summed E-state index contributed by atoms with van der Waals surface area (Å²) in [5.74, 6) is 0.111. The summed E-state index contributed by atoms with van der Waals surface area (Å²) in [6.07, 6.45) is 4.04. The van der Waals surface area contributed by atoms with Gasteiger partial charge in [-0.05, 0) is 12.1 Å². The number of aromatic nitrogens is 2.